The number of carbonyl (C=O) groups is 2. The van der Waals surface area contributed by atoms with Gasteiger partial charge in [0.15, 0.2) is 0 Å². The highest BCUT2D eigenvalue weighted by atomic mass is 35.5. The van der Waals surface area contributed by atoms with Crippen LogP contribution in [0.1, 0.15) is 73.7 Å². The topological polar surface area (TPSA) is 148 Å². The van der Waals surface area contributed by atoms with Gasteiger partial charge < -0.3 is 24.6 Å². The third-order valence-electron chi connectivity index (χ3n) is 8.27. The number of anilines is 2. The fourth-order valence-electron chi connectivity index (χ4n) is 6.07. The molecule has 13 nitrogen and oxygen atoms in total. The number of carbonyl (C=O) groups excluding carboxylic acids is 2. The molecule has 3 aliphatic heterocycles. The highest BCUT2D eigenvalue weighted by Crippen LogP contribution is 2.39. The second kappa shape index (κ2) is 13.6. The number of ether oxygens (including phenoxy) is 2. The predicted octanol–water partition coefficient (Wildman–Crippen LogP) is 7.69. The Labute approximate surface area is 308 Å². The molecule has 0 fully saturated rings. The molecule has 0 aromatic carbocycles. The van der Waals surface area contributed by atoms with Crippen molar-refractivity contribution in [3.05, 3.63) is 62.2 Å². The van der Waals surface area contributed by atoms with Crippen LogP contribution < -0.4 is 5.32 Å². The van der Waals surface area contributed by atoms with Crippen molar-refractivity contribution in [1.29, 1.82) is 0 Å². The van der Waals surface area contributed by atoms with Crippen molar-refractivity contribution in [1.82, 2.24) is 34.7 Å². The molecule has 0 saturated carbocycles. The molecule has 0 atom stereocenters. The molecule has 1 N–H and O–H groups in total. The summed E-state index contributed by atoms with van der Waals surface area (Å²) >= 11 is 9.35. The molecule has 5 aromatic rings. The molecular weight excluding hydrogens is 710 g/mol. The van der Waals surface area contributed by atoms with Gasteiger partial charge in [0.25, 0.3) is 0 Å². The van der Waals surface area contributed by atoms with Gasteiger partial charge in [0, 0.05) is 34.6 Å². The van der Waals surface area contributed by atoms with E-state index in [1.807, 2.05) is 60.0 Å². The fourth-order valence-corrected chi connectivity index (χ4v) is 8.78. The first-order valence-electron chi connectivity index (χ1n) is 16.6. The summed E-state index contributed by atoms with van der Waals surface area (Å²) in [7, 11) is 0. The minimum Gasteiger partial charge on any atom is -0.444 e. The van der Waals surface area contributed by atoms with Gasteiger partial charge in [-0.25, -0.2) is 29.5 Å². The van der Waals surface area contributed by atoms with Gasteiger partial charge in [-0.15, -0.1) is 22.7 Å². The summed E-state index contributed by atoms with van der Waals surface area (Å²) in [5.41, 5.74) is 4.28. The first-order valence-corrected chi connectivity index (χ1v) is 18.6. The summed E-state index contributed by atoms with van der Waals surface area (Å²) in [6, 6.07) is 2.04. The number of amides is 2. The molecule has 0 saturated heterocycles. The van der Waals surface area contributed by atoms with Crippen molar-refractivity contribution in [2.75, 3.05) is 18.4 Å². The van der Waals surface area contributed by atoms with Crippen LogP contribution in [-0.2, 0) is 41.9 Å². The highest BCUT2D eigenvalue weighted by Gasteiger charge is 2.30. The molecule has 8 rings (SSSR count). The zero-order chi connectivity index (χ0) is 36.1. The number of hydrogen-bond acceptors (Lipinski definition) is 13. The molecule has 0 bridgehead atoms. The molecule has 0 radical (unpaired) electrons. The molecule has 16 heteroatoms. The maximum Gasteiger partial charge on any atom is 0.410 e. The van der Waals surface area contributed by atoms with Crippen molar-refractivity contribution in [3.63, 3.8) is 0 Å². The Morgan fingerprint density at radius 2 is 1.37 bits per heavy atom. The number of rotatable bonds is 2. The Morgan fingerprint density at radius 3 is 1.98 bits per heavy atom. The Kier molecular flexibility index (Phi) is 9.31. The lowest BCUT2D eigenvalue weighted by Gasteiger charge is -2.30. The van der Waals surface area contributed by atoms with Gasteiger partial charge in [-0.3, -0.25) is 9.98 Å². The average Bonchev–Trinajstić information content (AvgIpc) is 3.78. The van der Waals surface area contributed by atoms with Crippen LogP contribution in [-0.4, -0.2) is 77.4 Å². The fraction of sp³-hybridized carbons (Fsp3) is 0.429. The number of thiophene rings is 2. The standard InChI is InChI=1S/C21H22N6O2S.C14H16ClN3O2S/c1-21(2,3)29-20(28)27-5-4-14-16(10-27)30-19-17(14)18(24-11-25-19)26-13-6-12-7-22-9-15(12)23-8-13;1-14(2,3)20-13(19)18-5-4-8-9(6-18)21-12-10(8)11(15)16-7-17-12/h6-8,11H,4-5,9-10H2,1-3H3,(H,24,25,26);7H,4-6H2,1-3H3. The third kappa shape index (κ3) is 7.60. The molecule has 0 spiro atoms. The van der Waals surface area contributed by atoms with Crippen LogP contribution in [0.25, 0.3) is 20.4 Å². The van der Waals surface area contributed by atoms with Gasteiger partial charge >= 0.3 is 12.2 Å². The van der Waals surface area contributed by atoms with E-state index in [0.29, 0.717) is 37.9 Å². The molecule has 0 unspecified atom stereocenters. The first-order chi connectivity index (χ1) is 24.2. The number of pyridine rings is 1. The summed E-state index contributed by atoms with van der Waals surface area (Å²) in [6.45, 7) is 14.2. The molecule has 51 heavy (non-hydrogen) atoms. The van der Waals surface area contributed by atoms with Gasteiger partial charge in [0.2, 0.25) is 0 Å². The Hall–Kier alpha value is -4.47. The molecule has 2 amide bonds. The van der Waals surface area contributed by atoms with Crippen molar-refractivity contribution >= 4 is 84.6 Å². The van der Waals surface area contributed by atoms with Crippen molar-refractivity contribution in [3.8, 4) is 0 Å². The molecule has 0 aliphatic carbocycles. The third-order valence-corrected chi connectivity index (χ3v) is 10.8. The zero-order valence-corrected chi connectivity index (χ0v) is 31.6. The molecule has 3 aliphatic rings. The van der Waals surface area contributed by atoms with Crippen LogP contribution in [0.5, 0.6) is 0 Å². The van der Waals surface area contributed by atoms with Gasteiger partial charge in [0.1, 0.15) is 44.5 Å². The van der Waals surface area contributed by atoms with E-state index in [4.69, 9.17) is 21.1 Å². The van der Waals surface area contributed by atoms with Crippen LogP contribution in [0, 0.1) is 0 Å². The number of aliphatic imine (C=N–C) groups is 1. The summed E-state index contributed by atoms with van der Waals surface area (Å²) in [5.74, 6) is 0.764. The maximum absolute atomic E-state index is 12.5. The van der Waals surface area contributed by atoms with Gasteiger partial charge in [-0.1, -0.05) is 11.6 Å². The van der Waals surface area contributed by atoms with E-state index in [-0.39, 0.29) is 12.2 Å². The van der Waals surface area contributed by atoms with E-state index < -0.39 is 11.2 Å². The number of nitrogens with zero attached hydrogens (tertiary/aromatic N) is 8. The van der Waals surface area contributed by atoms with Crippen LogP contribution in [0.4, 0.5) is 21.1 Å². The normalized spacial score (nSPS) is 15.2. The minimum atomic E-state index is -0.505. The summed E-state index contributed by atoms with van der Waals surface area (Å²) in [4.78, 5) is 58.2. The SMILES string of the molecule is CC(C)(C)OC(=O)N1CCc2c(sc3ncnc(Cl)c23)C1.CC(C)(C)OC(=O)N1CCc2c(sc3ncnc(Nc4cnc5c(c4)C=NC5)c23)C1. The van der Waals surface area contributed by atoms with Gasteiger partial charge in [0.05, 0.1) is 48.0 Å². The zero-order valence-electron chi connectivity index (χ0n) is 29.2. The second-order valence-electron chi connectivity index (χ2n) is 14.4. The summed E-state index contributed by atoms with van der Waals surface area (Å²) < 4.78 is 11.0. The Bertz CT molecular complexity index is 2190. The molecule has 5 aromatic heterocycles. The number of aromatic nitrogens is 5. The summed E-state index contributed by atoms with van der Waals surface area (Å²) in [5, 5.41) is 5.85. The number of fused-ring (bicyclic) bond motifs is 7. The molecule has 266 valence electrons. The molecule has 8 heterocycles. The smallest absolute Gasteiger partial charge is 0.410 e. The second-order valence-corrected chi connectivity index (χ2v) is 16.9. The van der Waals surface area contributed by atoms with E-state index in [0.717, 1.165) is 65.8 Å². The van der Waals surface area contributed by atoms with Crippen molar-refractivity contribution in [2.45, 2.75) is 85.2 Å². The van der Waals surface area contributed by atoms with Crippen molar-refractivity contribution < 1.29 is 19.1 Å². The summed E-state index contributed by atoms with van der Waals surface area (Å²) in [6.07, 6.45) is 7.64. The van der Waals surface area contributed by atoms with E-state index >= 15 is 0 Å². The van der Waals surface area contributed by atoms with Crippen molar-refractivity contribution in [2.24, 2.45) is 4.99 Å². The van der Waals surface area contributed by atoms with E-state index in [1.54, 1.807) is 38.8 Å². The van der Waals surface area contributed by atoms with Crippen LogP contribution in [0.2, 0.25) is 5.15 Å². The van der Waals surface area contributed by atoms with E-state index in [9.17, 15) is 9.59 Å². The van der Waals surface area contributed by atoms with Crippen LogP contribution >= 0.6 is 34.3 Å². The highest BCUT2D eigenvalue weighted by molar-refractivity contribution is 7.19. The lowest BCUT2D eigenvalue weighted by Crippen LogP contribution is -2.39. The Balaban J connectivity index is 0.000000170. The largest absolute Gasteiger partial charge is 0.444 e. The number of hydrogen-bond donors (Lipinski definition) is 1. The van der Waals surface area contributed by atoms with Gasteiger partial charge in [-0.2, -0.15) is 0 Å². The minimum absolute atomic E-state index is 0.275. The van der Waals surface area contributed by atoms with E-state index in [1.165, 1.54) is 17.5 Å². The monoisotopic (exact) mass is 747 g/mol. The maximum atomic E-state index is 12.5. The van der Waals surface area contributed by atoms with Crippen LogP contribution in [0.3, 0.4) is 0 Å². The number of nitrogens with one attached hydrogen (secondary N) is 1. The first kappa shape index (κ1) is 35.0. The number of halogens is 1. The van der Waals surface area contributed by atoms with E-state index in [2.05, 4.69) is 35.2 Å². The quantitative estimate of drug-likeness (QED) is 0.178. The predicted molar refractivity (Wildman–Crippen MR) is 199 cm³/mol. The lowest BCUT2D eigenvalue weighted by atomic mass is 10.1. The Morgan fingerprint density at radius 1 is 0.804 bits per heavy atom. The van der Waals surface area contributed by atoms with Gasteiger partial charge in [-0.05, 0) is 71.6 Å². The molecular formula is C35H38ClN9O4S2. The lowest BCUT2D eigenvalue weighted by molar-refractivity contribution is 0.0217. The average molecular weight is 748 g/mol. The van der Waals surface area contributed by atoms with Crippen LogP contribution in [0.15, 0.2) is 29.9 Å².